The first kappa shape index (κ1) is 18.4. The van der Waals surface area contributed by atoms with Crippen molar-refractivity contribution in [2.45, 2.75) is 17.9 Å². The molecule has 26 heavy (non-hydrogen) atoms. The van der Waals surface area contributed by atoms with Crippen LogP contribution in [0.5, 0.6) is 0 Å². The first-order valence-corrected chi connectivity index (χ1v) is 9.93. The van der Waals surface area contributed by atoms with Crippen LogP contribution in [0.1, 0.15) is 16.8 Å². The molecule has 0 radical (unpaired) electrons. The molecule has 1 amide bonds. The van der Waals surface area contributed by atoms with Crippen LogP contribution in [-0.4, -0.2) is 25.4 Å². The van der Waals surface area contributed by atoms with Gasteiger partial charge in [-0.1, -0.05) is 29.8 Å². The van der Waals surface area contributed by atoms with Crippen molar-refractivity contribution in [3.63, 3.8) is 0 Å². The number of hydrogen-bond acceptors (Lipinski definition) is 3. The second-order valence-corrected chi connectivity index (χ2v) is 7.80. The number of halogens is 1. The molecular weight excluding hydrogens is 374 g/mol. The van der Waals surface area contributed by atoms with E-state index in [1.54, 1.807) is 0 Å². The van der Waals surface area contributed by atoms with Crippen LogP contribution in [0.3, 0.4) is 0 Å². The number of carbonyl (C=O) groups excluding carboxylic acids is 1. The van der Waals surface area contributed by atoms with Crippen molar-refractivity contribution in [3.05, 3.63) is 65.3 Å². The van der Waals surface area contributed by atoms with Gasteiger partial charge < -0.3 is 9.88 Å². The molecule has 0 bridgehead atoms. The second kappa shape index (κ2) is 7.49. The Kier molecular flexibility index (Phi) is 5.31. The number of amides is 1. The molecule has 1 aromatic heterocycles. The van der Waals surface area contributed by atoms with E-state index < -0.39 is 10.0 Å². The molecule has 0 fully saturated rings. The lowest BCUT2D eigenvalue weighted by Gasteiger charge is -2.09. The topological polar surface area (TPSA) is 94.2 Å². The van der Waals surface area contributed by atoms with Gasteiger partial charge in [0.15, 0.2) is 0 Å². The van der Waals surface area contributed by atoms with Crippen LogP contribution in [0, 0.1) is 0 Å². The minimum absolute atomic E-state index is 0.0106. The number of nitrogens with zero attached hydrogens (tertiary/aromatic N) is 1. The highest BCUT2D eigenvalue weighted by Crippen LogP contribution is 2.21. The Balaban J connectivity index is 1.59. The average molecular weight is 392 g/mol. The number of nitrogens with one attached hydrogen (secondary N) is 1. The third-order valence-electron chi connectivity index (χ3n) is 4.04. The van der Waals surface area contributed by atoms with Crippen LogP contribution < -0.4 is 10.5 Å². The fourth-order valence-corrected chi connectivity index (χ4v) is 3.82. The molecule has 8 heteroatoms. The van der Waals surface area contributed by atoms with Crippen molar-refractivity contribution < 1.29 is 13.2 Å². The third-order valence-corrected chi connectivity index (χ3v) is 5.43. The molecule has 3 aromatic rings. The molecule has 0 aliphatic rings. The summed E-state index contributed by atoms with van der Waals surface area (Å²) in [5, 5.41) is 9.04. The quantitative estimate of drug-likeness (QED) is 0.632. The molecule has 0 aliphatic heterocycles. The standard InChI is InChI=1S/C18H18ClN3O3S/c19-15-7-6-14(12-17(15)26(20,24)25)18(23)21-9-3-10-22-11-8-13-4-1-2-5-16(13)22/h1-2,4-8,11-12H,3,9-10H2,(H,21,23)(H2,20,24,25). The zero-order valence-electron chi connectivity index (χ0n) is 13.9. The number of aryl methyl sites for hydroxylation is 1. The SMILES string of the molecule is NS(=O)(=O)c1cc(C(=O)NCCCn2ccc3ccccc32)ccc1Cl. The van der Waals surface area contributed by atoms with E-state index in [9.17, 15) is 13.2 Å². The first-order valence-electron chi connectivity index (χ1n) is 8.01. The molecule has 2 aromatic carbocycles. The van der Waals surface area contributed by atoms with Gasteiger partial charge in [-0.2, -0.15) is 0 Å². The van der Waals surface area contributed by atoms with Crippen LogP contribution in [-0.2, 0) is 16.6 Å². The molecule has 6 nitrogen and oxygen atoms in total. The molecule has 136 valence electrons. The van der Waals surface area contributed by atoms with Gasteiger partial charge in [0.2, 0.25) is 10.0 Å². The molecule has 0 aliphatic carbocycles. The molecule has 0 atom stereocenters. The Morgan fingerprint density at radius 2 is 1.92 bits per heavy atom. The lowest BCUT2D eigenvalue weighted by Crippen LogP contribution is -2.25. The van der Waals surface area contributed by atoms with E-state index in [0.29, 0.717) is 6.54 Å². The number of aromatic nitrogens is 1. The summed E-state index contributed by atoms with van der Waals surface area (Å²) in [5.41, 5.74) is 1.35. The van der Waals surface area contributed by atoms with E-state index in [1.807, 2.05) is 18.3 Å². The number of hydrogen-bond donors (Lipinski definition) is 2. The number of nitrogens with two attached hydrogens (primary N) is 1. The zero-order valence-corrected chi connectivity index (χ0v) is 15.4. The van der Waals surface area contributed by atoms with Gasteiger partial charge in [0.1, 0.15) is 4.90 Å². The number of carbonyl (C=O) groups is 1. The van der Waals surface area contributed by atoms with Gasteiger partial charge in [-0.3, -0.25) is 4.79 Å². The molecule has 1 heterocycles. The zero-order chi connectivity index (χ0) is 18.7. The maximum atomic E-state index is 12.2. The minimum Gasteiger partial charge on any atom is -0.352 e. The molecular formula is C18H18ClN3O3S. The van der Waals surface area contributed by atoms with Gasteiger partial charge in [0.25, 0.3) is 5.91 Å². The molecule has 0 saturated carbocycles. The fourth-order valence-electron chi connectivity index (χ4n) is 2.75. The van der Waals surface area contributed by atoms with Crippen LogP contribution in [0.25, 0.3) is 10.9 Å². The fraction of sp³-hybridized carbons (Fsp3) is 0.167. The summed E-state index contributed by atoms with van der Waals surface area (Å²) in [6, 6.07) is 14.1. The largest absolute Gasteiger partial charge is 0.352 e. The van der Waals surface area contributed by atoms with Crippen molar-refractivity contribution in [2.75, 3.05) is 6.54 Å². The number of benzene rings is 2. The molecule has 3 N–H and O–H groups in total. The maximum Gasteiger partial charge on any atom is 0.251 e. The summed E-state index contributed by atoms with van der Waals surface area (Å²) in [7, 11) is -3.98. The Morgan fingerprint density at radius 1 is 1.15 bits per heavy atom. The van der Waals surface area contributed by atoms with Crippen molar-refractivity contribution in [2.24, 2.45) is 5.14 Å². The number of fused-ring (bicyclic) bond motifs is 1. The van der Waals surface area contributed by atoms with E-state index in [-0.39, 0.29) is 21.4 Å². The monoisotopic (exact) mass is 391 g/mol. The van der Waals surface area contributed by atoms with E-state index >= 15 is 0 Å². The highest BCUT2D eigenvalue weighted by atomic mass is 35.5. The highest BCUT2D eigenvalue weighted by molar-refractivity contribution is 7.89. The molecule has 0 spiro atoms. The lowest BCUT2D eigenvalue weighted by molar-refractivity contribution is 0.0952. The van der Waals surface area contributed by atoms with Gasteiger partial charge in [-0.25, -0.2) is 13.6 Å². The molecule has 3 rings (SSSR count). The van der Waals surface area contributed by atoms with Crippen molar-refractivity contribution in [3.8, 4) is 0 Å². The predicted octanol–water partition coefficient (Wildman–Crippen LogP) is 2.76. The van der Waals surface area contributed by atoms with Gasteiger partial charge >= 0.3 is 0 Å². The summed E-state index contributed by atoms with van der Waals surface area (Å²) in [4.78, 5) is 12.0. The maximum absolute atomic E-state index is 12.2. The lowest BCUT2D eigenvalue weighted by atomic mass is 10.2. The van der Waals surface area contributed by atoms with Crippen LogP contribution in [0.2, 0.25) is 5.02 Å². The average Bonchev–Trinajstić information content (AvgIpc) is 3.01. The first-order chi connectivity index (χ1) is 12.4. The normalized spacial score (nSPS) is 11.6. The highest BCUT2D eigenvalue weighted by Gasteiger charge is 2.16. The van der Waals surface area contributed by atoms with E-state index in [4.69, 9.17) is 16.7 Å². The van der Waals surface area contributed by atoms with Gasteiger partial charge in [-0.05, 0) is 42.1 Å². The third kappa shape index (κ3) is 4.07. The summed E-state index contributed by atoms with van der Waals surface area (Å²) in [6.07, 6.45) is 2.75. The van der Waals surface area contributed by atoms with Gasteiger partial charge in [-0.15, -0.1) is 0 Å². The number of primary sulfonamides is 1. The minimum atomic E-state index is -3.98. The number of rotatable bonds is 6. The Hall–Kier alpha value is -2.35. The summed E-state index contributed by atoms with van der Waals surface area (Å²) in [5.74, 6) is -0.371. The van der Waals surface area contributed by atoms with Crippen LogP contribution in [0.15, 0.2) is 59.6 Å². The van der Waals surface area contributed by atoms with E-state index in [1.165, 1.54) is 23.6 Å². The Morgan fingerprint density at radius 3 is 2.69 bits per heavy atom. The van der Waals surface area contributed by atoms with Crippen LogP contribution in [0.4, 0.5) is 0 Å². The van der Waals surface area contributed by atoms with Crippen molar-refractivity contribution >= 4 is 38.4 Å². The summed E-state index contributed by atoms with van der Waals surface area (Å²) < 4.78 is 25.1. The predicted molar refractivity (Wildman–Crippen MR) is 102 cm³/mol. The van der Waals surface area contributed by atoms with E-state index in [2.05, 4.69) is 28.1 Å². The molecule has 0 saturated heterocycles. The van der Waals surface area contributed by atoms with Crippen molar-refractivity contribution in [1.29, 1.82) is 0 Å². The smallest absolute Gasteiger partial charge is 0.251 e. The van der Waals surface area contributed by atoms with Crippen molar-refractivity contribution in [1.82, 2.24) is 9.88 Å². The van der Waals surface area contributed by atoms with Gasteiger partial charge in [0.05, 0.1) is 5.02 Å². The number of para-hydroxylation sites is 1. The molecule has 0 unspecified atom stereocenters. The van der Waals surface area contributed by atoms with E-state index in [0.717, 1.165) is 18.5 Å². The Labute approximate surface area is 156 Å². The second-order valence-electron chi connectivity index (χ2n) is 5.87. The van der Waals surface area contributed by atoms with Gasteiger partial charge in [0, 0.05) is 30.4 Å². The van der Waals surface area contributed by atoms with Crippen LogP contribution >= 0.6 is 11.6 Å². The Bertz CT molecular complexity index is 1060. The number of sulfonamides is 1. The summed E-state index contributed by atoms with van der Waals surface area (Å²) in [6.45, 7) is 1.22. The summed E-state index contributed by atoms with van der Waals surface area (Å²) >= 11 is 5.82.